The van der Waals surface area contributed by atoms with Gasteiger partial charge in [0.1, 0.15) is 11.5 Å². The summed E-state index contributed by atoms with van der Waals surface area (Å²) in [5.74, 6) is 0.990. The summed E-state index contributed by atoms with van der Waals surface area (Å²) in [4.78, 5) is 29.9. The fourth-order valence-electron chi connectivity index (χ4n) is 4.36. The van der Waals surface area contributed by atoms with Gasteiger partial charge in [-0.25, -0.2) is 9.59 Å². The molecule has 0 saturated carbocycles. The SMILES string of the molecule is COC(=O)C1=C(CN2CCN(c3cccc(OC)c3)CC2)NC(=O)NC1c1cccc(OC)c1. The van der Waals surface area contributed by atoms with Gasteiger partial charge in [-0.2, -0.15) is 0 Å². The van der Waals surface area contributed by atoms with Crippen molar-refractivity contribution in [2.24, 2.45) is 0 Å². The number of carbonyl (C=O) groups is 2. The van der Waals surface area contributed by atoms with Crippen LogP contribution in [0.15, 0.2) is 59.8 Å². The maximum atomic E-state index is 12.8. The van der Waals surface area contributed by atoms with E-state index in [0.29, 0.717) is 23.6 Å². The molecule has 1 unspecified atom stereocenters. The summed E-state index contributed by atoms with van der Waals surface area (Å²) in [5.41, 5.74) is 2.81. The molecule has 0 bridgehead atoms. The normalized spacial score (nSPS) is 18.7. The zero-order chi connectivity index (χ0) is 24.1. The van der Waals surface area contributed by atoms with Crippen LogP contribution in [0.2, 0.25) is 0 Å². The number of nitrogens with zero attached hydrogens (tertiary/aromatic N) is 2. The Labute approximate surface area is 199 Å². The Hall–Kier alpha value is -3.72. The van der Waals surface area contributed by atoms with E-state index in [4.69, 9.17) is 14.2 Å². The Balaban J connectivity index is 1.54. The molecule has 9 nitrogen and oxygen atoms in total. The van der Waals surface area contributed by atoms with Crippen molar-refractivity contribution in [2.45, 2.75) is 6.04 Å². The van der Waals surface area contributed by atoms with E-state index in [-0.39, 0.29) is 6.03 Å². The predicted molar refractivity (Wildman–Crippen MR) is 128 cm³/mol. The second-order valence-corrected chi connectivity index (χ2v) is 8.16. The number of hydrogen-bond acceptors (Lipinski definition) is 7. The molecule has 2 aliphatic heterocycles. The lowest BCUT2D eigenvalue weighted by molar-refractivity contribution is -0.136. The highest BCUT2D eigenvalue weighted by Crippen LogP contribution is 2.30. The van der Waals surface area contributed by atoms with Gasteiger partial charge in [0.2, 0.25) is 0 Å². The van der Waals surface area contributed by atoms with Crippen molar-refractivity contribution < 1.29 is 23.8 Å². The quantitative estimate of drug-likeness (QED) is 0.605. The van der Waals surface area contributed by atoms with E-state index in [9.17, 15) is 9.59 Å². The third-order valence-electron chi connectivity index (χ3n) is 6.16. The van der Waals surface area contributed by atoms with Crippen LogP contribution in [0.3, 0.4) is 0 Å². The van der Waals surface area contributed by atoms with Crippen LogP contribution in [-0.2, 0) is 9.53 Å². The molecule has 1 fully saturated rings. The molecule has 4 rings (SSSR count). The predicted octanol–water partition coefficient (Wildman–Crippen LogP) is 2.31. The van der Waals surface area contributed by atoms with Crippen molar-refractivity contribution in [3.8, 4) is 11.5 Å². The number of piperazine rings is 1. The Morgan fingerprint density at radius 3 is 2.32 bits per heavy atom. The van der Waals surface area contributed by atoms with Gasteiger partial charge >= 0.3 is 12.0 Å². The topological polar surface area (TPSA) is 92.4 Å². The molecule has 0 radical (unpaired) electrons. The Bertz CT molecular complexity index is 1080. The molecule has 2 aromatic carbocycles. The van der Waals surface area contributed by atoms with Gasteiger partial charge in [-0.15, -0.1) is 0 Å². The first-order valence-electron chi connectivity index (χ1n) is 11.2. The minimum Gasteiger partial charge on any atom is -0.497 e. The molecule has 2 aliphatic rings. The van der Waals surface area contributed by atoms with Crippen LogP contribution < -0.4 is 25.0 Å². The molecule has 2 N–H and O–H groups in total. The monoisotopic (exact) mass is 466 g/mol. The molecule has 1 saturated heterocycles. The van der Waals surface area contributed by atoms with Crippen molar-refractivity contribution in [3.63, 3.8) is 0 Å². The lowest BCUT2D eigenvalue weighted by atomic mass is 9.94. The Morgan fingerprint density at radius 1 is 0.971 bits per heavy atom. The van der Waals surface area contributed by atoms with Crippen LogP contribution in [0.5, 0.6) is 11.5 Å². The van der Waals surface area contributed by atoms with Crippen molar-refractivity contribution in [1.29, 1.82) is 0 Å². The number of esters is 1. The van der Waals surface area contributed by atoms with Crippen LogP contribution in [0.1, 0.15) is 11.6 Å². The largest absolute Gasteiger partial charge is 0.497 e. The number of nitrogens with one attached hydrogen (secondary N) is 2. The van der Waals surface area contributed by atoms with Gasteiger partial charge in [0.25, 0.3) is 0 Å². The van der Waals surface area contributed by atoms with Crippen LogP contribution in [0, 0.1) is 0 Å². The highest BCUT2D eigenvalue weighted by atomic mass is 16.5. The van der Waals surface area contributed by atoms with E-state index < -0.39 is 12.0 Å². The Kier molecular flexibility index (Phi) is 7.22. The molecule has 0 spiro atoms. The fourth-order valence-corrected chi connectivity index (χ4v) is 4.36. The zero-order valence-electron chi connectivity index (χ0n) is 19.7. The van der Waals surface area contributed by atoms with Crippen molar-refractivity contribution in [1.82, 2.24) is 15.5 Å². The van der Waals surface area contributed by atoms with Crippen LogP contribution in [0.4, 0.5) is 10.5 Å². The van der Waals surface area contributed by atoms with E-state index in [2.05, 4.69) is 26.5 Å². The summed E-state index contributed by atoms with van der Waals surface area (Å²) < 4.78 is 15.8. The first kappa shape index (κ1) is 23.4. The molecule has 34 heavy (non-hydrogen) atoms. The third kappa shape index (κ3) is 5.09. The lowest BCUT2D eigenvalue weighted by Gasteiger charge is -2.38. The summed E-state index contributed by atoms with van der Waals surface area (Å²) in [7, 11) is 4.59. The number of urea groups is 1. The summed E-state index contributed by atoms with van der Waals surface area (Å²) >= 11 is 0. The summed E-state index contributed by atoms with van der Waals surface area (Å²) in [6.45, 7) is 3.63. The summed E-state index contributed by atoms with van der Waals surface area (Å²) in [6.07, 6.45) is 0. The van der Waals surface area contributed by atoms with Crippen LogP contribution in [-0.4, -0.2) is 71.0 Å². The summed E-state index contributed by atoms with van der Waals surface area (Å²) in [5, 5.41) is 5.69. The molecule has 2 amide bonds. The molecule has 0 aromatic heterocycles. The van der Waals surface area contributed by atoms with Gasteiger partial charge in [0.15, 0.2) is 0 Å². The number of anilines is 1. The standard InChI is InChI=1S/C25H30N4O5/c1-32-19-8-4-6-17(14-19)23-22(24(30)34-3)21(26-25(31)27-23)16-28-10-12-29(13-11-28)18-7-5-9-20(15-18)33-2/h4-9,14-15,23H,10-13,16H2,1-3H3,(H2,26,27,31). The van der Waals surface area contributed by atoms with Crippen molar-refractivity contribution in [3.05, 3.63) is 65.4 Å². The molecular weight excluding hydrogens is 436 g/mol. The lowest BCUT2D eigenvalue weighted by Crippen LogP contribution is -2.51. The van der Waals surface area contributed by atoms with Gasteiger partial charge < -0.3 is 29.7 Å². The number of carbonyl (C=O) groups excluding carboxylic acids is 2. The molecule has 1 atom stereocenters. The first-order chi connectivity index (χ1) is 16.5. The van der Waals surface area contributed by atoms with Gasteiger partial charge in [-0.1, -0.05) is 18.2 Å². The molecular formula is C25H30N4O5. The number of hydrogen-bond donors (Lipinski definition) is 2. The molecule has 180 valence electrons. The maximum absolute atomic E-state index is 12.8. The number of ether oxygens (including phenoxy) is 3. The van der Waals surface area contributed by atoms with E-state index in [1.807, 2.05) is 42.5 Å². The number of rotatable bonds is 7. The average Bonchev–Trinajstić information content (AvgIpc) is 2.88. The van der Waals surface area contributed by atoms with Crippen LogP contribution in [0.25, 0.3) is 0 Å². The Morgan fingerprint density at radius 2 is 1.65 bits per heavy atom. The van der Waals surface area contributed by atoms with Crippen molar-refractivity contribution >= 4 is 17.7 Å². The minimum atomic E-state index is -0.635. The van der Waals surface area contributed by atoms with E-state index in [1.54, 1.807) is 14.2 Å². The van der Waals surface area contributed by atoms with E-state index in [0.717, 1.165) is 43.2 Å². The highest BCUT2D eigenvalue weighted by Gasteiger charge is 2.34. The van der Waals surface area contributed by atoms with Gasteiger partial charge in [0, 0.05) is 50.2 Å². The first-order valence-corrected chi connectivity index (χ1v) is 11.2. The van der Waals surface area contributed by atoms with Gasteiger partial charge in [0.05, 0.1) is 32.9 Å². The molecule has 2 aromatic rings. The smallest absolute Gasteiger partial charge is 0.338 e. The van der Waals surface area contributed by atoms with Crippen LogP contribution >= 0.6 is 0 Å². The minimum absolute atomic E-state index is 0.356. The third-order valence-corrected chi connectivity index (χ3v) is 6.16. The van der Waals surface area contributed by atoms with Crippen molar-refractivity contribution in [2.75, 3.05) is 59.0 Å². The van der Waals surface area contributed by atoms with Gasteiger partial charge in [-0.05, 0) is 29.8 Å². The molecule has 2 heterocycles. The zero-order valence-corrected chi connectivity index (χ0v) is 19.7. The number of amides is 2. The fraction of sp³-hybridized carbons (Fsp3) is 0.360. The molecule has 9 heteroatoms. The summed E-state index contributed by atoms with van der Waals surface area (Å²) in [6, 6.07) is 14.3. The number of benzene rings is 2. The van der Waals surface area contributed by atoms with Gasteiger partial charge in [-0.3, -0.25) is 4.90 Å². The molecule has 0 aliphatic carbocycles. The van der Waals surface area contributed by atoms with E-state index in [1.165, 1.54) is 7.11 Å². The second-order valence-electron chi connectivity index (χ2n) is 8.16. The average molecular weight is 467 g/mol. The number of methoxy groups -OCH3 is 3. The van der Waals surface area contributed by atoms with E-state index >= 15 is 0 Å². The second kappa shape index (κ2) is 10.5. The highest BCUT2D eigenvalue weighted by molar-refractivity contribution is 5.95. The maximum Gasteiger partial charge on any atom is 0.338 e.